The van der Waals surface area contributed by atoms with E-state index in [1.165, 1.54) is 23.5 Å². The van der Waals surface area contributed by atoms with Gasteiger partial charge in [-0.2, -0.15) is 18.9 Å². The van der Waals surface area contributed by atoms with Crippen LogP contribution in [0, 0.1) is 0 Å². The van der Waals surface area contributed by atoms with Crippen LogP contribution in [0.5, 0.6) is 5.88 Å². The molecular formula is C16H15F2N5O2. The Labute approximate surface area is 141 Å². The van der Waals surface area contributed by atoms with Crippen LogP contribution in [-0.4, -0.2) is 31.5 Å². The van der Waals surface area contributed by atoms with Crippen molar-refractivity contribution in [3.63, 3.8) is 0 Å². The van der Waals surface area contributed by atoms with E-state index in [4.69, 9.17) is 4.52 Å². The average Bonchev–Trinajstić information content (AvgIpc) is 3.22. The monoisotopic (exact) mass is 347 g/mol. The molecule has 25 heavy (non-hydrogen) atoms. The molecule has 3 aromatic rings. The zero-order valence-corrected chi connectivity index (χ0v) is 13.4. The van der Waals surface area contributed by atoms with Crippen LogP contribution in [0.2, 0.25) is 0 Å². The van der Waals surface area contributed by atoms with Crippen molar-refractivity contribution < 1.29 is 18.0 Å². The minimum absolute atomic E-state index is 0.114. The average molecular weight is 347 g/mol. The summed E-state index contributed by atoms with van der Waals surface area (Å²) in [5, 5.41) is 8.25. The highest BCUT2D eigenvalue weighted by molar-refractivity contribution is 5.55. The lowest BCUT2D eigenvalue weighted by Gasteiger charge is -2.19. The summed E-state index contributed by atoms with van der Waals surface area (Å²) in [5.74, 6) is 0.793. The molecule has 3 heterocycles. The summed E-state index contributed by atoms with van der Waals surface area (Å²) in [6, 6.07) is 2.98. The molecule has 0 N–H and O–H groups in total. The Hall–Kier alpha value is -2.84. The van der Waals surface area contributed by atoms with Crippen molar-refractivity contribution >= 4 is 0 Å². The summed E-state index contributed by atoms with van der Waals surface area (Å²) >= 11 is 0. The molecule has 0 bridgehead atoms. The molecule has 1 unspecified atom stereocenters. The number of nitrogens with zero attached hydrogens (tertiary/aromatic N) is 5. The molecule has 0 amide bonds. The van der Waals surface area contributed by atoms with Crippen molar-refractivity contribution in [1.29, 1.82) is 0 Å². The Morgan fingerprint density at radius 3 is 3.12 bits per heavy atom. The van der Waals surface area contributed by atoms with E-state index in [1.807, 2.05) is 17.9 Å². The fraction of sp³-hybridized carbons (Fsp3) is 0.375. The van der Waals surface area contributed by atoms with Crippen LogP contribution in [0.4, 0.5) is 8.78 Å². The van der Waals surface area contributed by atoms with Crippen LogP contribution < -0.4 is 4.74 Å². The van der Waals surface area contributed by atoms with Gasteiger partial charge in [0.05, 0.1) is 6.20 Å². The van der Waals surface area contributed by atoms with Crippen molar-refractivity contribution in [1.82, 2.24) is 24.9 Å². The van der Waals surface area contributed by atoms with Crippen LogP contribution in [0.15, 0.2) is 29.0 Å². The smallest absolute Gasteiger partial charge is 0.388 e. The fourth-order valence-corrected chi connectivity index (χ4v) is 3.08. The van der Waals surface area contributed by atoms with Gasteiger partial charge in [0.2, 0.25) is 17.6 Å². The maximum Gasteiger partial charge on any atom is 0.388 e. The van der Waals surface area contributed by atoms with Crippen molar-refractivity contribution in [3.8, 4) is 17.3 Å². The molecule has 0 saturated carbocycles. The minimum Gasteiger partial charge on any atom is -0.417 e. The Morgan fingerprint density at radius 2 is 2.28 bits per heavy atom. The number of aryl methyl sites for hydroxylation is 2. The predicted molar refractivity (Wildman–Crippen MR) is 82.1 cm³/mol. The fourth-order valence-electron chi connectivity index (χ4n) is 3.08. The normalized spacial score (nSPS) is 16.9. The zero-order valence-electron chi connectivity index (χ0n) is 13.4. The van der Waals surface area contributed by atoms with E-state index in [2.05, 4.69) is 25.0 Å². The molecule has 0 fully saturated rings. The van der Waals surface area contributed by atoms with Gasteiger partial charge in [0.15, 0.2) is 0 Å². The van der Waals surface area contributed by atoms with Crippen LogP contribution in [0.3, 0.4) is 0 Å². The molecule has 1 atom stereocenters. The second-order valence-corrected chi connectivity index (χ2v) is 5.90. The highest BCUT2D eigenvalue weighted by atomic mass is 19.3. The van der Waals surface area contributed by atoms with Gasteiger partial charge in [0.1, 0.15) is 0 Å². The summed E-state index contributed by atoms with van der Waals surface area (Å²) in [7, 11) is 1.92. The lowest BCUT2D eigenvalue weighted by molar-refractivity contribution is -0.0528. The maximum absolute atomic E-state index is 12.3. The third kappa shape index (κ3) is 3.09. The van der Waals surface area contributed by atoms with Gasteiger partial charge < -0.3 is 9.26 Å². The first-order chi connectivity index (χ1) is 12.1. The first-order valence-electron chi connectivity index (χ1n) is 7.84. The number of pyridine rings is 1. The summed E-state index contributed by atoms with van der Waals surface area (Å²) in [6.07, 6.45) is 5.85. The van der Waals surface area contributed by atoms with Gasteiger partial charge >= 0.3 is 6.61 Å². The third-order valence-corrected chi connectivity index (χ3v) is 4.34. The second kappa shape index (κ2) is 6.23. The Bertz CT molecular complexity index is 892. The molecule has 1 aliphatic rings. The Morgan fingerprint density at radius 1 is 1.40 bits per heavy atom. The van der Waals surface area contributed by atoms with Gasteiger partial charge in [0.25, 0.3) is 0 Å². The van der Waals surface area contributed by atoms with Crippen LogP contribution in [0.1, 0.15) is 29.5 Å². The van der Waals surface area contributed by atoms with Crippen molar-refractivity contribution in [3.05, 3.63) is 41.7 Å². The summed E-state index contributed by atoms with van der Waals surface area (Å²) < 4.78 is 36.2. The van der Waals surface area contributed by atoms with E-state index in [1.54, 1.807) is 6.07 Å². The van der Waals surface area contributed by atoms with Gasteiger partial charge in [-0.1, -0.05) is 5.16 Å². The highest BCUT2D eigenvalue weighted by Crippen LogP contribution is 2.32. The topological polar surface area (TPSA) is 78.9 Å². The van der Waals surface area contributed by atoms with E-state index < -0.39 is 6.61 Å². The van der Waals surface area contributed by atoms with Gasteiger partial charge in [-0.25, -0.2) is 4.98 Å². The number of aromatic nitrogens is 5. The van der Waals surface area contributed by atoms with Crippen LogP contribution in [-0.2, 0) is 19.9 Å². The number of ether oxygens (including phenoxy) is 1. The van der Waals surface area contributed by atoms with E-state index in [9.17, 15) is 8.78 Å². The molecular weight excluding hydrogens is 332 g/mol. The predicted octanol–water partition coefficient (Wildman–Crippen LogP) is 2.74. The van der Waals surface area contributed by atoms with Crippen LogP contribution >= 0.6 is 0 Å². The van der Waals surface area contributed by atoms with Crippen molar-refractivity contribution in [2.24, 2.45) is 7.05 Å². The summed E-state index contributed by atoms with van der Waals surface area (Å²) in [5.41, 5.74) is 2.94. The van der Waals surface area contributed by atoms with Crippen molar-refractivity contribution in [2.75, 3.05) is 0 Å². The molecule has 1 aliphatic carbocycles. The minimum atomic E-state index is -2.93. The lowest BCUT2D eigenvalue weighted by atomic mass is 9.88. The molecule has 0 spiro atoms. The number of rotatable bonds is 4. The quantitative estimate of drug-likeness (QED) is 0.722. The van der Waals surface area contributed by atoms with Crippen molar-refractivity contribution in [2.45, 2.75) is 31.8 Å². The van der Waals surface area contributed by atoms with Crippen LogP contribution in [0.25, 0.3) is 11.4 Å². The first-order valence-corrected chi connectivity index (χ1v) is 7.84. The molecule has 0 aromatic carbocycles. The SMILES string of the molecule is Cn1ncc2c1CC(c1nc(-c3ccnc(OC(F)F)c3)no1)CC2. The van der Waals surface area contributed by atoms with E-state index in [0.29, 0.717) is 17.3 Å². The summed E-state index contributed by atoms with van der Waals surface area (Å²) in [6.45, 7) is -2.93. The Kier molecular flexibility index (Phi) is 3.90. The van der Waals surface area contributed by atoms with Gasteiger partial charge in [0, 0.05) is 42.9 Å². The lowest BCUT2D eigenvalue weighted by Crippen LogP contribution is -2.15. The molecule has 9 heteroatoms. The first kappa shape index (κ1) is 15.7. The van der Waals surface area contributed by atoms with Gasteiger partial charge in [-0.05, 0) is 24.5 Å². The largest absolute Gasteiger partial charge is 0.417 e. The van der Waals surface area contributed by atoms with E-state index in [0.717, 1.165) is 19.3 Å². The molecule has 0 radical (unpaired) electrons. The Balaban J connectivity index is 1.56. The van der Waals surface area contributed by atoms with E-state index >= 15 is 0 Å². The second-order valence-electron chi connectivity index (χ2n) is 5.90. The molecule has 0 aliphatic heterocycles. The summed E-state index contributed by atoms with van der Waals surface area (Å²) in [4.78, 5) is 8.17. The number of hydrogen-bond donors (Lipinski definition) is 0. The number of hydrogen-bond acceptors (Lipinski definition) is 6. The maximum atomic E-state index is 12.3. The molecule has 130 valence electrons. The third-order valence-electron chi connectivity index (χ3n) is 4.34. The highest BCUT2D eigenvalue weighted by Gasteiger charge is 2.27. The van der Waals surface area contributed by atoms with Gasteiger partial charge in [-0.15, -0.1) is 0 Å². The number of fused-ring (bicyclic) bond motifs is 1. The molecule has 7 nitrogen and oxygen atoms in total. The molecule has 0 saturated heterocycles. The zero-order chi connectivity index (χ0) is 17.4. The number of halogens is 2. The van der Waals surface area contributed by atoms with Gasteiger partial charge in [-0.3, -0.25) is 4.68 Å². The molecule has 3 aromatic heterocycles. The number of alkyl halides is 2. The van der Waals surface area contributed by atoms with E-state index in [-0.39, 0.29) is 11.8 Å². The standard InChI is InChI=1S/C16H15F2N5O2/c1-23-12-6-10(2-3-11(12)8-20-23)15-21-14(22-25-15)9-4-5-19-13(7-9)24-16(17)18/h4-5,7-8,10,16H,2-3,6H2,1H3. The molecule has 4 rings (SSSR count).